The molecule has 0 radical (unpaired) electrons. The zero-order valence-electron chi connectivity index (χ0n) is 10.7. The lowest BCUT2D eigenvalue weighted by molar-refractivity contribution is -0.132. The second kappa shape index (κ2) is 5.97. The number of piperazine rings is 1. The Balaban J connectivity index is 1.80. The van der Waals surface area contributed by atoms with Gasteiger partial charge >= 0.3 is 0 Å². The predicted molar refractivity (Wildman–Crippen MR) is 67.0 cm³/mol. The molecule has 0 unspecified atom stereocenters. The monoisotopic (exact) mass is 252 g/mol. The van der Waals surface area contributed by atoms with Crippen LogP contribution < -0.4 is 0 Å². The maximum Gasteiger partial charge on any atom is 0.228 e. The van der Waals surface area contributed by atoms with Crippen LogP contribution in [0.3, 0.4) is 0 Å². The van der Waals surface area contributed by atoms with Gasteiger partial charge in [0.15, 0.2) is 0 Å². The third kappa shape index (κ3) is 3.30. The van der Waals surface area contributed by atoms with Crippen molar-refractivity contribution in [3.05, 3.63) is 18.0 Å². The van der Waals surface area contributed by atoms with Crippen molar-refractivity contribution < 1.29 is 9.90 Å². The highest BCUT2D eigenvalue weighted by Crippen LogP contribution is 2.05. The first-order chi connectivity index (χ1) is 8.69. The SMILES string of the molecule is Cn1ccc(CC(=O)N2CCN(CCO)CC2)n1. The summed E-state index contributed by atoms with van der Waals surface area (Å²) in [5, 5.41) is 13.1. The molecule has 0 bridgehead atoms. The summed E-state index contributed by atoms with van der Waals surface area (Å²) in [5.41, 5.74) is 0.820. The van der Waals surface area contributed by atoms with Gasteiger partial charge in [-0.3, -0.25) is 14.4 Å². The molecule has 1 amide bonds. The van der Waals surface area contributed by atoms with E-state index in [0.717, 1.165) is 31.9 Å². The lowest BCUT2D eigenvalue weighted by Gasteiger charge is -2.34. The molecule has 1 saturated heterocycles. The largest absolute Gasteiger partial charge is 0.395 e. The van der Waals surface area contributed by atoms with Gasteiger partial charge in [0.1, 0.15) is 0 Å². The highest BCUT2D eigenvalue weighted by atomic mass is 16.3. The van der Waals surface area contributed by atoms with Crippen LogP contribution in [-0.4, -0.2) is 69.9 Å². The van der Waals surface area contributed by atoms with Crippen LogP contribution >= 0.6 is 0 Å². The molecule has 1 aromatic heterocycles. The summed E-state index contributed by atoms with van der Waals surface area (Å²) in [6.07, 6.45) is 2.22. The van der Waals surface area contributed by atoms with Gasteiger partial charge < -0.3 is 10.0 Å². The van der Waals surface area contributed by atoms with Crippen molar-refractivity contribution in [2.45, 2.75) is 6.42 Å². The maximum atomic E-state index is 12.1. The van der Waals surface area contributed by atoms with Crippen LogP contribution in [0.5, 0.6) is 0 Å². The summed E-state index contributed by atoms with van der Waals surface area (Å²) < 4.78 is 1.71. The zero-order valence-corrected chi connectivity index (χ0v) is 10.7. The van der Waals surface area contributed by atoms with E-state index < -0.39 is 0 Å². The Morgan fingerprint density at radius 1 is 1.39 bits per heavy atom. The first kappa shape index (κ1) is 13.0. The fraction of sp³-hybridized carbons (Fsp3) is 0.667. The Labute approximate surface area is 107 Å². The fourth-order valence-electron chi connectivity index (χ4n) is 2.19. The van der Waals surface area contributed by atoms with Crippen LogP contribution in [0.4, 0.5) is 0 Å². The Hall–Kier alpha value is -1.40. The average molecular weight is 252 g/mol. The van der Waals surface area contributed by atoms with Crippen LogP contribution in [-0.2, 0) is 18.3 Å². The molecule has 2 rings (SSSR count). The third-order valence-corrected chi connectivity index (χ3v) is 3.24. The smallest absolute Gasteiger partial charge is 0.228 e. The van der Waals surface area contributed by atoms with Gasteiger partial charge in [0.05, 0.1) is 18.7 Å². The van der Waals surface area contributed by atoms with E-state index in [0.29, 0.717) is 13.0 Å². The number of nitrogens with zero attached hydrogens (tertiary/aromatic N) is 4. The number of aliphatic hydroxyl groups excluding tert-OH is 1. The summed E-state index contributed by atoms with van der Waals surface area (Å²) in [4.78, 5) is 16.1. The van der Waals surface area contributed by atoms with E-state index in [1.54, 1.807) is 4.68 Å². The van der Waals surface area contributed by atoms with E-state index in [9.17, 15) is 4.79 Å². The average Bonchev–Trinajstić information content (AvgIpc) is 2.76. The van der Waals surface area contributed by atoms with Crippen LogP contribution in [0, 0.1) is 0 Å². The van der Waals surface area contributed by atoms with E-state index in [-0.39, 0.29) is 12.5 Å². The summed E-state index contributed by atoms with van der Waals surface area (Å²) in [6.45, 7) is 4.05. The molecule has 0 aromatic carbocycles. The number of β-amino-alcohol motifs (C(OH)–C–C–N with tert-alkyl or cyclic N) is 1. The van der Waals surface area contributed by atoms with E-state index in [4.69, 9.17) is 5.11 Å². The molecule has 1 N–H and O–H groups in total. The molecule has 6 heteroatoms. The van der Waals surface area contributed by atoms with Crippen LogP contribution in [0.2, 0.25) is 0 Å². The summed E-state index contributed by atoms with van der Waals surface area (Å²) in [7, 11) is 1.85. The van der Waals surface area contributed by atoms with Gasteiger partial charge in [0, 0.05) is 46.0 Å². The molecule has 0 atom stereocenters. The van der Waals surface area contributed by atoms with Crippen molar-refractivity contribution in [1.82, 2.24) is 19.6 Å². The Morgan fingerprint density at radius 2 is 2.11 bits per heavy atom. The highest BCUT2D eigenvalue weighted by Gasteiger charge is 2.21. The first-order valence-electron chi connectivity index (χ1n) is 6.28. The molecule has 0 aliphatic carbocycles. The molecule has 1 aromatic rings. The topological polar surface area (TPSA) is 61.6 Å². The minimum atomic E-state index is 0.136. The Kier molecular flexibility index (Phi) is 4.33. The van der Waals surface area contributed by atoms with Crippen molar-refractivity contribution in [3.8, 4) is 0 Å². The molecular weight excluding hydrogens is 232 g/mol. The van der Waals surface area contributed by atoms with Gasteiger partial charge in [-0.05, 0) is 6.07 Å². The van der Waals surface area contributed by atoms with Gasteiger partial charge in [-0.25, -0.2) is 0 Å². The van der Waals surface area contributed by atoms with Crippen molar-refractivity contribution in [2.24, 2.45) is 7.05 Å². The number of amides is 1. The van der Waals surface area contributed by atoms with Crippen molar-refractivity contribution >= 4 is 5.91 Å². The van der Waals surface area contributed by atoms with E-state index >= 15 is 0 Å². The maximum absolute atomic E-state index is 12.1. The second-order valence-electron chi connectivity index (χ2n) is 4.60. The van der Waals surface area contributed by atoms with Crippen molar-refractivity contribution in [1.29, 1.82) is 0 Å². The molecule has 1 aliphatic rings. The molecular formula is C12H20N4O2. The number of aliphatic hydroxyl groups is 1. The predicted octanol–water partition coefficient (Wildman–Crippen LogP) is -0.901. The molecule has 1 aliphatic heterocycles. The standard InChI is InChI=1S/C12H20N4O2/c1-14-3-2-11(13-14)10-12(18)16-6-4-15(5-7-16)8-9-17/h2-3,17H,4-10H2,1H3. The minimum absolute atomic E-state index is 0.136. The third-order valence-electron chi connectivity index (χ3n) is 3.24. The van der Waals surface area contributed by atoms with E-state index in [2.05, 4.69) is 10.00 Å². The zero-order chi connectivity index (χ0) is 13.0. The van der Waals surface area contributed by atoms with Gasteiger partial charge in [-0.1, -0.05) is 0 Å². The molecule has 18 heavy (non-hydrogen) atoms. The molecule has 100 valence electrons. The first-order valence-corrected chi connectivity index (χ1v) is 6.28. The number of carbonyl (C=O) groups excluding carboxylic acids is 1. The number of hydrogen-bond donors (Lipinski definition) is 1. The lowest BCUT2D eigenvalue weighted by Crippen LogP contribution is -2.49. The summed E-state index contributed by atoms with van der Waals surface area (Å²) >= 11 is 0. The van der Waals surface area contributed by atoms with Gasteiger partial charge in [-0.2, -0.15) is 5.10 Å². The van der Waals surface area contributed by atoms with Crippen molar-refractivity contribution in [2.75, 3.05) is 39.3 Å². The normalized spacial score (nSPS) is 17.1. The van der Waals surface area contributed by atoms with Gasteiger partial charge in [-0.15, -0.1) is 0 Å². The van der Waals surface area contributed by atoms with E-state index in [1.807, 2.05) is 24.2 Å². The molecule has 6 nitrogen and oxygen atoms in total. The molecule has 0 saturated carbocycles. The Bertz CT molecular complexity index is 397. The van der Waals surface area contributed by atoms with E-state index in [1.165, 1.54) is 0 Å². The quantitative estimate of drug-likeness (QED) is 0.754. The number of carbonyl (C=O) groups is 1. The number of rotatable bonds is 4. The summed E-state index contributed by atoms with van der Waals surface area (Å²) in [6, 6.07) is 1.87. The number of hydrogen-bond acceptors (Lipinski definition) is 4. The highest BCUT2D eigenvalue weighted by molar-refractivity contribution is 5.78. The molecule has 2 heterocycles. The van der Waals surface area contributed by atoms with Gasteiger partial charge in [0.25, 0.3) is 0 Å². The minimum Gasteiger partial charge on any atom is -0.395 e. The lowest BCUT2D eigenvalue weighted by atomic mass is 10.2. The number of aryl methyl sites for hydroxylation is 1. The summed E-state index contributed by atoms with van der Waals surface area (Å²) in [5.74, 6) is 0.136. The van der Waals surface area contributed by atoms with Crippen LogP contribution in [0.15, 0.2) is 12.3 Å². The van der Waals surface area contributed by atoms with Crippen LogP contribution in [0.1, 0.15) is 5.69 Å². The molecule has 0 spiro atoms. The molecule has 1 fully saturated rings. The Morgan fingerprint density at radius 3 is 2.67 bits per heavy atom. The fourth-order valence-corrected chi connectivity index (χ4v) is 2.19. The van der Waals surface area contributed by atoms with Crippen molar-refractivity contribution in [3.63, 3.8) is 0 Å². The van der Waals surface area contributed by atoms with Crippen LogP contribution in [0.25, 0.3) is 0 Å². The number of aromatic nitrogens is 2. The second-order valence-corrected chi connectivity index (χ2v) is 4.60. The van der Waals surface area contributed by atoms with Gasteiger partial charge in [0.2, 0.25) is 5.91 Å².